The standard InChI is InChI=1S/C13H20N2O2S/c1-10(12-3-2-6-18-12)14-13(17)8-15-5-4-11(7-15)9-16/h2-3,6,10-11,16H,4-5,7-9H2,1H3,(H,14,17). The molecule has 0 aliphatic carbocycles. The molecule has 2 unspecified atom stereocenters. The van der Waals surface area contributed by atoms with Gasteiger partial charge in [-0.15, -0.1) is 11.3 Å². The van der Waals surface area contributed by atoms with Crippen molar-refractivity contribution >= 4 is 17.2 Å². The molecule has 2 atom stereocenters. The predicted molar refractivity (Wildman–Crippen MR) is 72.5 cm³/mol. The fourth-order valence-electron chi connectivity index (χ4n) is 2.30. The van der Waals surface area contributed by atoms with Gasteiger partial charge in [0.05, 0.1) is 12.6 Å². The zero-order valence-electron chi connectivity index (χ0n) is 10.6. The second kappa shape index (κ2) is 6.31. The van der Waals surface area contributed by atoms with Crippen LogP contribution in [0.25, 0.3) is 0 Å². The van der Waals surface area contributed by atoms with E-state index < -0.39 is 0 Å². The lowest BCUT2D eigenvalue weighted by Gasteiger charge is -2.17. The quantitative estimate of drug-likeness (QED) is 0.845. The lowest BCUT2D eigenvalue weighted by Crippen LogP contribution is -2.37. The minimum absolute atomic E-state index is 0.0643. The predicted octanol–water partition coefficient (Wildman–Crippen LogP) is 1.24. The van der Waals surface area contributed by atoms with Gasteiger partial charge in [0.2, 0.25) is 5.91 Å². The molecule has 0 aromatic carbocycles. The van der Waals surface area contributed by atoms with Gasteiger partial charge in [0.1, 0.15) is 0 Å². The number of aliphatic hydroxyl groups excluding tert-OH is 1. The molecule has 100 valence electrons. The lowest BCUT2D eigenvalue weighted by atomic mass is 10.1. The molecule has 2 heterocycles. The number of nitrogens with zero attached hydrogens (tertiary/aromatic N) is 1. The number of carbonyl (C=O) groups is 1. The number of hydrogen-bond acceptors (Lipinski definition) is 4. The molecule has 4 nitrogen and oxygen atoms in total. The van der Waals surface area contributed by atoms with Crippen LogP contribution in [0.3, 0.4) is 0 Å². The Morgan fingerprint density at radius 2 is 2.56 bits per heavy atom. The van der Waals surface area contributed by atoms with Crippen molar-refractivity contribution in [3.8, 4) is 0 Å². The summed E-state index contributed by atoms with van der Waals surface area (Å²) in [6, 6.07) is 4.11. The molecule has 1 aromatic rings. The van der Waals surface area contributed by atoms with Crippen LogP contribution in [0.4, 0.5) is 0 Å². The molecule has 1 fully saturated rings. The van der Waals surface area contributed by atoms with E-state index in [9.17, 15) is 4.79 Å². The van der Waals surface area contributed by atoms with E-state index >= 15 is 0 Å². The van der Waals surface area contributed by atoms with Gasteiger partial charge in [0.25, 0.3) is 0 Å². The number of hydrogen-bond donors (Lipinski definition) is 2. The van der Waals surface area contributed by atoms with Crippen molar-refractivity contribution in [2.24, 2.45) is 5.92 Å². The van der Waals surface area contributed by atoms with Crippen molar-refractivity contribution in [3.63, 3.8) is 0 Å². The molecule has 0 spiro atoms. The Bertz CT molecular complexity index is 380. The first-order chi connectivity index (χ1) is 8.69. The van der Waals surface area contributed by atoms with Crippen molar-refractivity contribution in [1.29, 1.82) is 0 Å². The van der Waals surface area contributed by atoms with Crippen LogP contribution >= 0.6 is 11.3 Å². The molecular formula is C13H20N2O2S. The van der Waals surface area contributed by atoms with Crippen molar-refractivity contribution in [2.45, 2.75) is 19.4 Å². The molecule has 1 saturated heterocycles. The number of carbonyl (C=O) groups excluding carboxylic acids is 1. The summed E-state index contributed by atoms with van der Waals surface area (Å²) in [6.45, 7) is 4.41. The summed E-state index contributed by atoms with van der Waals surface area (Å²) in [6.07, 6.45) is 0.990. The van der Waals surface area contributed by atoms with Gasteiger partial charge in [-0.1, -0.05) is 6.07 Å². The summed E-state index contributed by atoms with van der Waals surface area (Å²) < 4.78 is 0. The van der Waals surface area contributed by atoms with E-state index in [4.69, 9.17) is 5.11 Å². The maximum atomic E-state index is 11.9. The highest BCUT2D eigenvalue weighted by Crippen LogP contribution is 2.18. The minimum atomic E-state index is 0.0643. The Hall–Kier alpha value is -0.910. The molecule has 0 saturated carbocycles. The molecular weight excluding hydrogens is 248 g/mol. The number of likely N-dealkylation sites (tertiary alicyclic amines) is 1. The molecule has 0 bridgehead atoms. The van der Waals surface area contributed by atoms with Crippen molar-refractivity contribution < 1.29 is 9.90 Å². The highest BCUT2D eigenvalue weighted by molar-refractivity contribution is 7.10. The zero-order valence-corrected chi connectivity index (χ0v) is 11.4. The molecule has 1 aliphatic heterocycles. The van der Waals surface area contributed by atoms with E-state index in [1.165, 1.54) is 4.88 Å². The van der Waals surface area contributed by atoms with Crippen LogP contribution in [-0.2, 0) is 4.79 Å². The average molecular weight is 268 g/mol. The normalized spacial score (nSPS) is 22.0. The zero-order chi connectivity index (χ0) is 13.0. The van der Waals surface area contributed by atoms with Crippen LogP contribution < -0.4 is 5.32 Å². The van der Waals surface area contributed by atoms with E-state index in [-0.39, 0.29) is 18.6 Å². The summed E-state index contributed by atoms with van der Waals surface area (Å²) >= 11 is 1.66. The molecule has 2 rings (SSSR count). The van der Waals surface area contributed by atoms with E-state index in [0.29, 0.717) is 12.5 Å². The highest BCUT2D eigenvalue weighted by atomic mass is 32.1. The summed E-state index contributed by atoms with van der Waals surface area (Å²) in [7, 11) is 0. The third-order valence-corrected chi connectivity index (χ3v) is 4.40. The SMILES string of the molecule is CC(NC(=O)CN1CCC(CO)C1)c1cccs1. The van der Waals surface area contributed by atoms with Gasteiger partial charge in [-0.25, -0.2) is 0 Å². The Labute approximate surface area is 112 Å². The van der Waals surface area contributed by atoms with Gasteiger partial charge < -0.3 is 10.4 Å². The molecule has 2 N–H and O–H groups in total. The van der Waals surface area contributed by atoms with Crippen LogP contribution in [0.1, 0.15) is 24.3 Å². The largest absolute Gasteiger partial charge is 0.396 e. The number of aliphatic hydroxyl groups is 1. The van der Waals surface area contributed by atoms with Crippen molar-refractivity contribution in [2.75, 3.05) is 26.2 Å². The van der Waals surface area contributed by atoms with Gasteiger partial charge >= 0.3 is 0 Å². The second-order valence-corrected chi connectivity index (χ2v) is 5.86. The lowest BCUT2D eigenvalue weighted by molar-refractivity contribution is -0.122. The maximum absolute atomic E-state index is 11.9. The number of nitrogens with one attached hydrogen (secondary N) is 1. The summed E-state index contributed by atoms with van der Waals surface area (Å²) in [4.78, 5) is 15.2. The minimum Gasteiger partial charge on any atom is -0.396 e. The highest BCUT2D eigenvalue weighted by Gasteiger charge is 2.23. The average Bonchev–Trinajstić information content (AvgIpc) is 2.98. The van der Waals surface area contributed by atoms with Crippen LogP contribution in [0.5, 0.6) is 0 Å². The van der Waals surface area contributed by atoms with E-state index in [0.717, 1.165) is 19.5 Å². The first-order valence-electron chi connectivity index (χ1n) is 6.35. The molecule has 1 aromatic heterocycles. The van der Waals surface area contributed by atoms with E-state index in [1.807, 2.05) is 24.4 Å². The smallest absolute Gasteiger partial charge is 0.234 e. The molecule has 18 heavy (non-hydrogen) atoms. The van der Waals surface area contributed by atoms with Crippen molar-refractivity contribution in [1.82, 2.24) is 10.2 Å². The molecule has 1 amide bonds. The maximum Gasteiger partial charge on any atom is 0.234 e. The van der Waals surface area contributed by atoms with Crippen LogP contribution in [0.15, 0.2) is 17.5 Å². The van der Waals surface area contributed by atoms with Gasteiger partial charge in [-0.2, -0.15) is 0 Å². The van der Waals surface area contributed by atoms with Crippen LogP contribution in [0.2, 0.25) is 0 Å². The Morgan fingerprint density at radius 1 is 1.72 bits per heavy atom. The van der Waals surface area contributed by atoms with E-state index in [1.54, 1.807) is 11.3 Å². The summed E-state index contributed by atoms with van der Waals surface area (Å²) in [5.74, 6) is 0.405. The number of amides is 1. The molecule has 5 heteroatoms. The second-order valence-electron chi connectivity index (χ2n) is 4.88. The fraction of sp³-hybridized carbons (Fsp3) is 0.615. The van der Waals surface area contributed by atoms with Gasteiger partial charge in [0.15, 0.2) is 0 Å². The Morgan fingerprint density at radius 3 is 3.17 bits per heavy atom. The first-order valence-corrected chi connectivity index (χ1v) is 7.23. The van der Waals surface area contributed by atoms with Gasteiger partial charge in [-0.3, -0.25) is 9.69 Å². The van der Waals surface area contributed by atoms with Gasteiger partial charge in [-0.05, 0) is 37.3 Å². The summed E-state index contributed by atoms with van der Waals surface area (Å²) in [5, 5.41) is 14.1. The van der Waals surface area contributed by atoms with E-state index in [2.05, 4.69) is 10.2 Å². The summed E-state index contributed by atoms with van der Waals surface area (Å²) in [5.41, 5.74) is 0. The third-order valence-electron chi connectivity index (χ3n) is 3.34. The Balaban J connectivity index is 1.75. The third kappa shape index (κ3) is 3.54. The Kier molecular flexibility index (Phi) is 4.74. The van der Waals surface area contributed by atoms with Crippen LogP contribution in [0, 0.1) is 5.92 Å². The topological polar surface area (TPSA) is 52.6 Å². The fourth-order valence-corrected chi connectivity index (χ4v) is 3.04. The molecule has 1 aliphatic rings. The van der Waals surface area contributed by atoms with Crippen molar-refractivity contribution in [3.05, 3.63) is 22.4 Å². The number of rotatable bonds is 5. The molecule has 0 radical (unpaired) electrons. The van der Waals surface area contributed by atoms with Gasteiger partial charge in [0, 0.05) is 18.0 Å². The monoisotopic (exact) mass is 268 g/mol. The first kappa shape index (κ1) is 13.5. The van der Waals surface area contributed by atoms with Crippen LogP contribution in [-0.4, -0.2) is 42.2 Å². The number of thiophene rings is 1.